The maximum absolute atomic E-state index is 11.4. The molecule has 4 rings (SSSR count). The van der Waals surface area contributed by atoms with Gasteiger partial charge in [0.05, 0.1) is 28.8 Å². The van der Waals surface area contributed by atoms with E-state index in [1.165, 1.54) is 30.7 Å². The molecule has 0 unspecified atom stereocenters. The lowest BCUT2D eigenvalue weighted by Crippen LogP contribution is -2.12. The summed E-state index contributed by atoms with van der Waals surface area (Å²) in [6.07, 6.45) is 1.18. The average Bonchev–Trinajstić information content (AvgIpc) is 3.04. The number of non-ortho nitro benzene ring substituents is 1. The van der Waals surface area contributed by atoms with Gasteiger partial charge in [0.2, 0.25) is 0 Å². The molecule has 2 aromatic heterocycles. The number of nitro groups is 1. The van der Waals surface area contributed by atoms with Gasteiger partial charge >= 0.3 is 6.09 Å². The van der Waals surface area contributed by atoms with Crippen molar-refractivity contribution in [2.75, 3.05) is 7.11 Å². The van der Waals surface area contributed by atoms with E-state index in [1.54, 1.807) is 6.92 Å². The van der Waals surface area contributed by atoms with Crippen molar-refractivity contribution in [3.05, 3.63) is 76.6 Å². The molecule has 0 aliphatic carbocycles. The number of carbonyl (C=O) groups is 1. The summed E-state index contributed by atoms with van der Waals surface area (Å²) >= 11 is 0. The Hall–Kier alpha value is -3.81. The number of aryl methyl sites for hydroxylation is 1. The summed E-state index contributed by atoms with van der Waals surface area (Å²) in [5.74, 6) is 0. The monoisotopic (exact) mass is 364 g/mol. The van der Waals surface area contributed by atoms with Crippen LogP contribution in [0.4, 0.5) is 10.5 Å². The van der Waals surface area contributed by atoms with E-state index in [0.717, 1.165) is 10.2 Å². The zero-order valence-corrected chi connectivity index (χ0v) is 14.7. The lowest BCUT2D eigenvalue weighted by molar-refractivity contribution is -0.384. The molecule has 0 radical (unpaired) electrons. The number of pyridine rings is 1. The molecule has 2 heterocycles. The molecule has 0 atom stereocenters. The van der Waals surface area contributed by atoms with Gasteiger partial charge in [-0.15, -0.1) is 0 Å². The minimum atomic E-state index is -0.628. The quantitative estimate of drug-likeness (QED) is 0.372. The van der Waals surface area contributed by atoms with Crippen molar-refractivity contribution in [3.63, 3.8) is 0 Å². The normalized spacial score (nSPS) is 10.3. The van der Waals surface area contributed by atoms with E-state index < -0.39 is 11.0 Å². The van der Waals surface area contributed by atoms with Crippen LogP contribution in [0.3, 0.4) is 0 Å². The first kappa shape index (κ1) is 18.0. The van der Waals surface area contributed by atoms with Gasteiger partial charge < -0.3 is 4.74 Å². The third-order valence-electron chi connectivity index (χ3n) is 3.92. The summed E-state index contributed by atoms with van der Waals surface area (Å²) in [7, 11) is 1.25. The molecule has 2 aromatic carbocycles. The second kappa shape index (κ2) is 7.61. The fraction of sp³-hybridized carbons (Fsp3) is 0.105. The van der Waals surface area contributed by atoms with Crippen molar-refractivity contribution in [2.24, 2.45) is 0 Å². The highest BCUT2D eigenvalue weighted by molar-refractivity contribution is 5.90. The van der Waals surface area contributed by atoms with Gasteiger partial charge in [-0.05, 0) is 25.1 Å². The van der Waals surface area contributed by atoms with Gasteiger partial charge in [-0.3, -0.25) is 15.1 Å². The summed E-state index contributed by atoms with van der Waals surface area (Å²) in [6, 6.07) is 16.3. The number of benzene rings is 2. The number of nitrogens with zero attached hydrogens (tertiary/aromatic N) is 4. The van der Waals surface area contributed by atoms with Crippen LogP contribution in [0.1, 0.15) is 5.69 Å². The topological polar surface area (TPSA) is 100 Å². The first-order valence-corrected chi connectivity index (χ1v) is 8.03. The van der Waals surface area contributed by atoms with Crippen molar-refractivity contribution < 1.29 is 14.5 Å². The van der Waals surface area contributed by atoms with Crippen molar-refractivity contribution in [1.29, 1.82) is 0 Å². The molecular formula is C19H16N4O4. The number of nitro benzene ring substituents is 1. The van der Waals surface area contributed by atoms with E-state index in [9.17, 15) is 14.9 Å². The predicted molar refractivity (Wildman–Crippen MR) is 101 cm³/mol. The van der Waals surface area contributed by atoms with Gasteiger partial charge in [0.25, 0.3) is 5.69 Å². The first-order chi connectivity index (χ1) is 13.0. The maximum atomic E-state index is 11.4. The van der Waals surface area contributed by atoms with E-state index in [4.69, 9.17) is 0 Å². The molecule has 0 amide bonds. The van der Waals surface area contributed by atoms with Gasteiger partial charge in [0.15, 0.2) is 0 Å². The van der Waals surface area contributed by atoms with Gasteiger partial charge in [-0.2, -0.15) is 9.78 Å². The molecule has 4 aromatic rings. The molecule has 0 aliphatic rings. The zero-order chi connectivity index (χ0) is 19.4. The smallest absolute Gasteiger partial charge is 0.434 e. The molecule has 8 nitrogen and oxygen atoms in total. The zero-order valence-electron chi connectivity index (χ0n) is 14.7. The Morgan fingerprint density at radius 2 is 1.89 bits per heavy atom. The third kappa shape index (κ3) is 3.74. The SMILES string of the molecule is COC(=O)n1nc(C)c2cc([N+](=O)[O-])ccc21.c1ccc2ncccc2c1. The number of rotatable bonds is 1. The van der Waals surface area contributed by atoms with Crippen LogP contribution < -0.4 is 0 Å². The highest BCUT2D eigenvalue weighted by Crippen LogP contribution is 2.23. The molecule has 0 N–H and O–H groups in total. The van der Waals surface area contributed by atoms with Crippen LogP contribution in [0, 0.1) is 17.0 Å². The van der Waals surface area contributed by atoms with E-state index in [1.807, 2.05) is 30.5 Å². The molecule has 0 saturated heterocycles. The summed E-state index contributed by atoms with van der Waals surface area (Å²) < 4.78 is 5.64. The average molecular weight is 364 g/mol. The number of fused-ring (bicyclic) bond motifs is 2. The number of aromatic nitrogens is 3. The largest absolute Gasteiger partial charge is 0.451 e. The molecule has 8 heteroatoms. The molecular weight excluding hydrogens is 348 g/mol. The lowest BCUT2D eigenvalue weighted by atomic mass is 10.2. The van der Waals surface area contributed by atoms with Crippen molar-refractivity contribution in [1.82, 2.24) is 14.8 Å². The Bertz CT molecular complexity index is 1070. The molecule has 136 valence electrons. The van der Waals surface area contributed by atoms with Gasteiger partial charge in [-0.25, -0.2) is 4.79 Å². The lowest BCUT2D eigenvalue weighted by Gasteiger charge is -1.99. The highest BCUT2D eigenvalue weighted by atomic mass is 16.6. The first-order valence-electron chi connectivity index (χ1n) is 8.03. The van der Waals surface area contributed by atoms with E-state index in [-0.39, 0.29) is 5.69 Å². The second-order valence-electron chi connectivity index (χ2n) is 5.62. The molecule has 0 aliphatic heterocycles. The van der Waals surface area contributed by atoms with Crippen LogP contribution in [0.5, 0.6) is 0 Å². The number of para-hydroxylation sites is 1. The standard InChI is InChI=1S/C10H9N3O4.C9H7N/c1-6-8-5-7(13(15)16)3-4-9(8)12(11-6)10(14)17-2;1-2-6-9-8(4-1)5-3-7-10-9/h3-5H,1-2H3;1-7H. The number of methoxy groups -OCH3 is 1. The van der Waals surface area contributed by atoms with Crippen LogP contribution in [0.15, 0.2) is 60.8 Å². The van der Waals surface area contributed by atoms with Crippen molar-refractivity contribution >= 4 is 33.6 Å². The van der Waals surface area contributed by atoms with Crippen LogP contribution >= 0.6 is 0 Å². The minimum absolute atomic E-state index is 0.0370. The Labute approximate surface area is 154 Å². The minimum Gasteiger partial charge on any atom is -0.451 e. The van der Waals surface area contributed by atoms with Crippen molar-refractivity contribution in [2.45, 2.75) is 6.92 Å². The van der Waals surface area contributed by atoms with Gasteiger partial charge in [0.1, 0.15) is 0 Å². The number of ether oxygens (including phenoxy) is 1. The van der Waals surface area contributed by atoms with Crippen molar-refractivity contribution in [3.8, 4) is 0 Å². The van der Waals surface area contributed by atoms with E-state index >= 15 is 0 Å². The third-order valence-corrected chi connectivity index (χ3v) is 3.92. The Morgan fingerprint density at radius 3 is 2.59 bits per heavy atom. The fourth-order valence-corrected chi connectivity index (χ4v) is 2.61. The fourth-order valence-electron chi connectivity index (χ4n) is 2.61. The summed E-state index contributed by atoms with van der Waals surface area (Å²) in [5.41, 5.74) is 2.05. The Morgan fingerprint density at radius 1 is 1.15 bits per heavy atom. The summed E-state index contributed by atoms with van der Waals surface area (Å²) in [5, 5.41) is 16.4. The summed E-state index contributed by atoms with van der Waals surface area (Å²) in [4.78, 5) is 25.7. The molecule has 0 fully saturated rings. The number of hydrogen-bond acceptors (Lipinski definition) is 6. The van der Waals surface area contributed by atoms with E-state index in [2.05, 4.69) is 27.0 Å². The Kier molecular flexibility index (Phi) is 5.07. The van der Waals surface area contributed by atoms with Crippen LogP contribution in [0.2, 0.25) is 0 Å². The predicted octanol–water partition coefficient (Wildman–Crippen LogP) is 4.10. The number of hydrogen-bond donors (Lipinski definition) is 0. The van der Waals surface area contributed by atoms with Crippen LogP contribution in [0.25, 0.3) is 21.8 Å². The summed E-state index contributed by atoms with van der Waals surface area (Å²) in [6.45, 7) is 1.67. The second-order valence-corrected chi connectivity index (χ2v) is 5.62. The number of carbonyl (C=O) groups excluding carboxylic acids is 1. The highest BCUT2D eigenvalue weighted by Gasteiger charge is 2.16. The Balaban J connectivity index is 0.000000177. The molecule has 27 heavy (non-hydrogen) atoms. The van der Waals surface area contributed by atoms with E-state index in [0.29, 0.717) is 16.6 Å². The maximum Gasteiger partial charge on any atom is 0.434 e. The van der Waals surface area contributed by atoms with Gasteiger partial charge in [0, 0.05) is 29.1 Å². The van der Waals surface area contributed by atoms with Crippen LogP contribution in [-0.2, 0) is 4.74 Å². The van der Waals surface area contributed by atoms with Gasteiger partial charge in [-0.1, -0.05) is 24.3 Å². The molecule has 0 saturated carbocycles. The van der Waals surface area contributed by atoms with Crippen LogP contribution in [-0.4, -0.2) is 32.9 Å². The molecule has 0 bridgehead atoms. The molecule has 0 spiro atoms.